The highest BCUT2D eigenvalue weighted by atomic mass is 19.1. The van der Waals surface area contributed by atoms with E-state index in [0.717, 1.165) is 37.8 Å². The molecule has 6 heteroatoms. The van der Waals surface area contributed by atoms with Crippen LogP contribution in [0.3, 0.4) is 0 Å². The lowest BCUT2D eigenvalue weighted by atomic mass is 10.2. The van der Waals surface area contributed by atoms with Gasteiger partial charge in [-0.15, -0.1) is 0 Å². The molecule has 1 aliphatic rings. The van der Waals surface area contributed by atoms with Crippen LogP contribution in [0.2, 0.25) is 0 Å². The number of benzene rings is 1. The van der Waals surface area contributed by atoms with E-state index in [4.69, 9.17) is 0 Å². The average molecular weight is 318 g/mol. The minimum absolute atomic E-state index is 0.200. The SMILES string of the molecule is Cc1nc(Nc2ccc(F)cc2F)cc(N2CCCCCC2)n1. The zero-order valence-corrected chi connectivity index (χ0v) is 13.1. The lowest BCUT2D eigenvalue weighted by Crippen LogP contribution is -2.25. The van der Waals surface area contributed by atoms with Crippen molar-refractivity contribution in [1.29, 1.82) is 0 Å². The van der Waals surface area contributed by atoms with Gasteiger partial charge in [-0.05, 0) is 31.9 Å². The monoisotopic (exact) mass is 318 g/mol. The highest BCUT2D eigenvalue weighted by molar-refractivity contribution is 5.60. The van der Waals surface area contributed by atoms with Crippen molar-refractivity contribution >= 4 is 17.3 Å². The molecule has 2 heterocycles. The Kier molecular flexibility index (Phi) is 4.69. The molecule has 3 rings (SSSR count). The summed E-state index contributed by atoms with van der Waals surface area (Å²) in [7, 11) is 0. The van der Waals surface area contributed by atoms with Crippen LogP contribution in [-0.4, -0.2) is 23.1 Å². The molecule has 1 saturated heterocycles. The Bertz CT molecular complexity index is 682. The first-order valence-corrected chi connectivity index (χ1v) is 7.94. The molecule has 23 heavy (non-hydrogen) atoms. The number of rotatable bonds is 3. The minimum Gasteiger partial charge on any atom is -0.356 e. The molecule has 2 aromatic rings. The predicted molar refractivity (Wildman–Crippen MR) is 87.1 cm³/mol. The molecule has 0 unspecified atom stereocenters. The second-order valence-electron chi connectivity index (χ2n) is 5.81. The van der Waals surface area contributed by atoms with Gasteiger partial charge >= 0.3 is 0 Å². The van der Waals surface area contributed by atoms with Crippen molar-refractivity contribution in [2.75, 3.05) is 23.3 Å². The first-order chi connectivity index (χ1) is 11.1. The smallest absolute Gasteiger partial charge is 0.149 e. The molecule has 0 saturated carbocycles. The maximum absolute atomic E-state index is 13.8. The number of nitrogens with one attached hydrogen (secondary N) is 1. The molecule has 0 aliphatic carbocycles. The number of nitrogens with zero attached hydrogens (tertiary/aromatic N) is 3. The van der Waals surface area contributed by atoms with Gasteiger partial charge < -0.3 is 10.2 Å². The Morgan fingerprint density at radius 2 is 1.74 bits per heavy atom. The fraction of sp³-hybridized carbons (Fsp3) is 0.412. The van der Waals surface area contributed by atoms with E-state index >= 15 is 0 Å². The first-order valence-electron chi connectivity index (χ1n) is 7.94. The summed E-state index contributed by atoms with van der Waals surface area (Å²) in [5.41, 5.74) is 0.200. The van der Waals surface area contributed by atoms with Crippen LogP contribution in [-0.2, 0) is 0 Å². The largest absolute Gasteiger partial charge is 0.356 e. The Hall–Kier alpha value is -2.24. The van der Waals surface area contributed by atoms with Gasteiger partial charge in [0.1, 0.15) is 29.1 Å². The van der Waals surface area contributed by atoms with Crippen LogP contribution in [0, 0.1) is 18.6 Å². The highest BCUT2D eigenvalue weighted by Crippen LogP contribution is 2.24. The molecule has 122 valence electrons. The first kappa shape index (κ1) is 15.6. The molecule has 1 aromatic heterocycles. The number of hydrogen-bond donors (Lipinski definition) is 1. The van der Waals surface area contributed by atoms with Gasteiger partial charge in [-0.1, -0.05) is 12.8 Å². The zero-order chi connectivity index (χ0) is 16.2. The number of halogens is 2. The summed E-state index contributed by atoms with van der Waals surface area (Å²) < 4.78 is 26.8. The van der Waals surface area contributed by atoms with Crippen molar-refractivity contribution in [2.24, 2.45) is 0 Å². The molecule has 0 amide bonds. The fourth-order valence-corrected chi connectivity index (χ4v) is 2.81. The van der Waals surface area contributed by atoms with Crippen molar-refractivity contribution in [3.05, 3.63) is 41.7 Å². The minimum atomic E-state index is -0.641. The van der Waals surface area contributed by atoms with Crippen LogP contribution >= 0.6 is 0 Å². The van der Waals surface area contributed by atoms with E-state index < -0.39 is 11.6 Å². The van der Waals surface area contributed by atoms with Crippen LogP contribution in [0.25, 0.3) is 0 Å². The lowest BCUT2D eigenvalue weighted by molar-refractivity contribution is 0.586. The Morgan fingerprint density at radius 3 is 2.43 bits per heavy atom. The summed E-state index contributed by atoms with van der Waals surface area (Å²) in [6.45, 7) is 3.76. The normalized spacial score (nSPS) is 15.3. The van der Waals surface area contributed by atoms with E-state index in [2.05, 4.69) is 20.2 Å². The second kappa shape index (κ2) is 6.89. The molecule has 1 fully saturated rings. The van der Waals surface area contributed by atoms with E-state index in [1.54, 1.807) is 0 Å². The molecule has 1 aromatic carbocycles. The molecule has 1 N–H and O–H groups in total. The topological polar surface area (TPSA) is 41.1 Å². The third kappa shape index (κ3) is 3.94. The maximum atomic E-state index is 13.8. The van der Waals surface area contributed by atoms with Crippen LogP contribution < -0.4 is 10.2 Å². The van der Waals surface area contributed by atoms with Gasteiger partial charge in [-0.2, -0.15) is 0 Å². The molecule has 0 bridgehead atoms. The highest BCUT2D eigenvalue weighted by Gasteiger charge is 2.13. The molecular weight excluding hydrogens is 298 g/mol. The van der Waals surface area contributed by atoms with Gasteiger partial charge in [0.25, 0.3) is 0 Å². The summed E-state index contributed by atoms with van der Waals surface area (Å²) in [5.74, 6) is 0.748. The van der Waals surface area contributed by atoms with E-state index in [-0.39, 0.29) is 5.69 Å². The van der Waals surface area contributed by atoms with Crippen LogP contribution in [0.15, 0.2) is 24.3 Å². The quantitative estimate of drug-likeness (QED) is 0.921. The van der Waals surface area contributed by atoms with Gasteiger partial charge in [0.2, 0.25) is 0 Å². The number of hydrogen-bond acceptors (Lipinski definition) is 4. The lowest BCUT2D eigenvalue weighted by Gasteiger charge is -2.22. The molecular formula is C17H20F2N4. The van der Waals surface area contributed by atoms with Crippen molar-refractivity contribution in [1.82, 2.24) is 9.97 Å². The average Bonchev–Trinajstić information content (AvgIpc) is 2.79. The van der Waals surface area contributed by atoms with Gasteiger partial charge in [0.15, 0.2) is 0 Å². The molecule has 0 radical (unpaired) electrons. The van der Waals surface area contributed by atoms with Gasteiger partial charge in [-0.3, -0.25) is 0 Å². The van der Waals surface area contributed by atoms with Crippen molar-refractivity contribution < 1.29 is 8.78 Å². The third-order valence-electron chi connectivity index (χ3n) is 3.95. The molecule has 1 aliphatic heterocycles. The van der Waals surface area contributed by atoms with E-state index in [9.17, 15) is 8.78 Å². The second-order valence-corrected chi connectivity index (χ2v) is 5.81. The molecule has 4 nitrogen and oxygen atoms in total. The van der Waals surface area contributed by atoms with Crippen LogP contribution in [0.4, 0.5) is 26.1 Å². The van der Waals surface area contributed by atoms with Gasteiger partial charge in [-0.25, -0.2) is 18.7 Å². The predicted octanol–water partition coefficient (Wildman–Crippen LogP) is 4.19. The van der Waals surface area contributed by atoms with Gasteiger partial charge in [0.05, 0.1) is 5.69 Å². The summed E-state index contributed by atoms with van der Waals surface area (Å²) in [6, 6.07) is 5.26. The van der Waals surface area contributed by atoms with Crippen molar-refractivity contribution in [2.45, 2.75) is 32.6 Å². The van der Waals surface area contributed by atoms with Crippen LogP contribution in [0.1, 0.15) is 31.5 Å². The Labute approximate surface area is 134 Å². The summed E-state index contributed by atoms with van der Waals surface area (Å²) >= 11 is 0. The third-order valence-corrected chi connectivity index (χ3v) is 3.95. The molecule has 0 atom stereocenters. The maximum Gasteiger partial charge on any atom is 0.149 e. The summed E-state index contributed by atoms with van der Waals surface area (Å²) in [5, 5.41) is 2.92. The summed E-state index contributed by atoms with van der Waals surface area (Å²) in [6.07, 6.45) is 4.79. The Morgan fingerprint density at radius 1 is 1.00 bits per heavy atom. The summed E-state index contributed by atoms with van der Waals surface area (Å²) in [4.78, 5) is 11.0. The van der Waals surface area contributed by atoms with E-state index in [1.807, 2.05) is 13.0 Å². The fourth-order valence-electron chi connectivity index (χ4n) is 2.81. The van der Waals surface area contributed by atoms with Crippen molar-refractivity contribution in [3.8, 4) is 0 Å². The zero-order valence-electron chi connectivity index (χ0n) is 13.1. The number of aryl methyl sites for hydroxylation is 1. The van der Waals surface area contributed by atoms with Crippen molar-refractivity contribution in [3.63, 3.8) is 0 Å². The van der Waals surface area contributed by atoms with Gasteiger partial charge in [0, 0.05) is 25.2 Å². The van der Waals surface area contributed by atoms with E-state index in [0.29, 0.717) is 11.6 Å². The number of aromatic nitrogens is 2. The standard InChI is InChI=1S/C17H20F2N4/c1-12-20-16(22-15-7-6-13(18)10-14(15)19)11-17(21-12)23-8-4-2-3-5-9-23/h6-7,10-11H,2-5,8-9H2,1H3,(H,20,21,22). The Balaban J connectivity index is 1.84. The number of anilines is 3. The van der Waals surface area contributed by atoms with E-state index in [1.165, 1.54) is 25.0 Å². The van der Waals surface area contributed by atoms with Crippen LogP contribution in [0.5, 0.6) is 0 Å². The molecule has 0 spiro atoms.